The highest BCUT2D eigenvalue weighted by atomic mass is 79.9. The molecule has 0 fully saturated rings. The number of halogens is 2. The van der Waals surface area contributed by atoms with Crippen molar-refractivity contribution in [3.8, 4) is 0 Å². The number of esters is 1. The monoisotopic (exact) mass is 378 g/mol. The predicted molar refractivity (Wildman–Crippen MR) is 80.4 cm³/mol. The van der Waals surface area contributed by atoms with E-state index in [1.54, 1.807) is 12.1 Å². The van der Waals surface area contributed by atoms with Crippen LogP contribution in [0.15, 0.2) is 21.6 Å². The van der Waals surface area contributed by atoms with Gasteiger partial charge in [-0.25, -0.2) is 9.79 Å². The molecule has 4 nitrogen and oxygen atoms in total. The van der Waals surface area contributed by atoms with Gasteiger partial charge in [0.15, 0.2) is 9.82 Å². The number of rotatable bonds is 2. The van der Waals surface area contributed by atoms with E-state index in [-0.39, 0.29) is 5.97 Å². The lowest BCUT2D eigenvalue weighted by Gasteiger charge is -2.08. The molecule has 8 heteroatoms. The minimum Gasteiger partial charge on any atom is -0.465 e. The highest BCUT2D eigenvalue weighted by Gasteiger charge is 2.14. The van der Waals surface area contributed by atoms with Crippen molar-refractivity contribution in [3.63, 3.8) is 0 Å². The summed E-state index contributed by atoms with van der Waals surface area (Å²) in [5.74, 6) is -0.389. The SMILES string of the molecule is COC(=O)c1ccc(Br)c(N=c2ssnc2Cl)c1C. The highest BCUT2D eigenvalue weighted by molar-refractivity contribution is 9.10. The maximum Gasteiger partial charge on any atom is 0.338 e. The number of nitrogens with zero attached hydrogens (tertiary/aromatic N) is 2. The van der Waals surface area contributed by atoms with Crippen LogP contribution in [0.2, 0.25) is 5.15 Å². The van der Waals surface area contributed by atoms with Crippen LogP contribution in [0.25, 0.3) is 0 Å². The third-order valence-corrected chi connectivity index (χ3v) is 5.22. The van der Waals surface area contributed by atoms with Crippen molar-refractivity contribution >= 4 is 60.1 Å². The first-order valence-electron chi connectivity index (χ1n) is 5.08. The summed E-state index contributed by atoms with van der Waals surface area (Å²) in [6.07, 6.45) is 0. The lowest BCUT2D eigenvalue weighted by Crippen LogP contribution is -2.04. The van der Waals surface area contributed by atoms with Gasteiger partial charge in [-0.05, 0) is 50.9 Å². The molecule has 19 heavy (non-hydrogen) atoms. The normalized spacial score (nSPS) is 11.7. The Morgan fingerprint density at radius 1 is 1.53 bits per heavy atom. The van der Waals surface area contributed by atoms with Crippen molar-refractivity contribution in [3.05, 3.63) is 37.6 Å². The standard InChI is InChI=1S/C11H8BrClN2O2S2/c1-5-6(11(16)17-2)3-4-7(12)8(5)14-10-9(13)15-19-18-10/h3-4H,1-2H3. The van der Waals surface area contributed by atoms with Gasteiger partial charge in [0.1, 0.15) is 0 Å². The summed E-state index contributed by atoms with van der Waals surface area (Å²) >= 11 is 9.35. The Bertz CT molecular complexity index is 696. The molecule has 0 radical (unpaired) electrons. The Balaban J connectivity index is 2.64. The quantitative estimate of drug-likeness (QED) is 0.586. The van der Waals surface area contributed by atoms with Crippen LogP contribution in [0.5, 0.6) is 0 Å². The number of hydrogen-bond donors (Lipinski definition) is 0. The van der Waals surface area contributed by atoms with Crippen LogP contribution in [0, 0.1) is 6.92 Å². The van der Waals surface area contributed by atoms with Gasteiger partial charge < -0.3 is 4.74 Å². The van der Waals surface area contributed by atoms with E-state index in [9.17, 15) is 4.79 Å². The number of carbonyl (C=O) groups is 1. The Hall–Kier alpha value is -0.760. The summed E-state index contributed by atoms with van der Waals surface area (Å²) in [5.41, 5.74) is 1.87. The van der Waals surface area contributed by atoms with Gasteiger partial charge >= 0.3 is 5.97 Å². The highest BCUT2D eigenvalue weighted by Crippen LogP contribution is 2.31. The average molecular weight is 380 g/mol. The summed E-state index contributed by atoms with van der Waals surface area (Å²) in [5, 5.41) is 0.366. The van der Waals surface area contributed by atoms with Crippen LogP contribution in [0.1, 0.15) is 15.9 Å². The number of methoxy groups -OCH3 is 1. The Kier molecular flexibility index (Phi) is 4.72. The topological polar surface area (TPSA) is 51.5 Å². The van der Waals surface area contributed by atoms with Crippen molar-refractivity contribution in [2.24, 2.45) is 4.99 Å². The molecule has 0 spiro atoms. The second kappa shape index (κ2) is 6.13. The molecule has 2 rings (SSSR count). The van der Waals surface area contributed by atoms with Gasteiger partial charge in [-0.2, -0.15) is 4.37 Å². The van der Waals surface area contributed by atoms with Crippen molar-refractivity contribution in [2.75, 3.05) is 7.11 Å². The smallest absolute Gasteiger partial charge is 0.338 e. The van der Waals surface area contributed by atoms with Gasteiger partial charge in [0.05, 0.1) is 18.4 Å². The molecular formula is C11H8BrClN2O2S2. The molecule has 0 aliphatic rings. The zero-order valence-corrected chi connectivity index (χ0v) is 13.9. The van der Waals surface area contributed by atoms with Crippen LogP contribution >= 0.6 is 48.4 Å². The van der Waals surface area contributed by atoms with Gasteiger partial charge in [-0.3, -0.25) is 0 Å². The Labute approximate surface area is 130 Å². The fourth-order valence-corrected chi connectivity index (χ4v) is 3.96. The zero-order valence-electron chi connectivity index (χ0n) is 9.94. The van der Waals surface area contributed by atoms with E-state index >= 15 is 0 Å². The van der Waals surface area contributed by atoms with E-state index < -0.39 is 0 Å². The molecule has 0 saturated carbocycles. The lowest BCUT2D eigenvalue weighted by molar-refractivity contribution is 0.0600. The number of carbonyl (C=O) groups excluding carboxylic acids is 1. The lowest BCUT2D eigenvalue weighted by atomic mass is 10.1. The zero-order chi connectivity index (χ0) is 14.0. The van der Waals surface area contributed by atoms with Crippen LogP contribution in [0.3, 0.4) is 0 Å². The Morgan fingerprint density at radius 3 is 2.84 bits per heavy atom. The van der Waals surface area contributed by atoms with Gasteiger partial charge in [-0.1, -0.05) is 11.6 Å². The van der Waals surface area contributed by atoms with Crippen LogP contribution in [0.4, 0.5) is 5.69 Å². The maximum absolute atomic E-state index is 11.7. The van der Waals surface area contributed by atoms with E-state index in [0.29, 0.717) is 21.1 Å². The summed E-state index contributed by atoms with van der Waals surface area (Å²) in [6, 6.07) is 3.46. The third-order valence-electron chi connectivity index (χ3n) is 2.41. The van der Waals surface area contributed by atoms with Crippen molar-refractivity contribution < 1.29 is 9.53 Å². The fourth-order valence-electron chi connectivity index (χ4n) is 1.46. The molecule has 0 bridgehead atoms. The molecule has 0 aliphatic carbocycles. The fraction of sp³-hybridized carbons (Fsp3) is 0.182. The molecule has 0 saturated heterocycles. The first kappa shape index (κ1) is 14.6. The summed E-state index contributed by atoms with van der Waals surface area (Å²) in [7, 11) is 4.00. The van der Waals surface area contributed by atoms with Gasteiger partial charge in [0.25, 0.3) is 0 Å². The number of ether oxygens (including phenoxy) is 1. The van der Waals surface area contributed by atoms with Crippen LogP contribution < -0.4 is 4.67 Å². The molecule has 0 amide bonds. The summed E-state index contributed by atoms with van der Waals surface area (Å²) in [6.45, 7) is 1.81. The molecule has 1 aromatic carbocycles. The molecular weight excluding hydrogens is 372 g/mol. The number of benzene rings is 1. The summed E-state index contributed by atoms with van der Waals surface area (Å²) in [4.78, 5) is 16.1. The van der Waals surface area contributed by atoms with Crippen LogP contribution in [-0.4, -0.2) is 17.5 Å². The van der Waals surface area contributed by atoms with Gasteiger partial charge in [0, 0.05) is 15.0 Å². The minimum atomic E-state index is -0.389. The van der Waals surface area contributed by atoms with Gasteiger partial charge in [0.2, 0.25) is 0 Å². The molecule has 1 aromatic heterocycles. The van der Waals surface area contributed by atoms with Crippen molar-refractivity contribution in [1.82, 2.24) is 4.37 Å². The minimum absolute atomic E-state index is 0.366. The second-order valence-corrected chi connectivity index (χ2v) is 6.56. The van der Waals surface area contributed by atoms with E-state index in [0.717, 1.165) is 10.0 Å². The first-order valence-corrected chi connectivity index (χ1v) is 8.36. The molecule has 0 N–H and O–H groups in total. The van der Waals surface area contributed by atoms with Gasteiger partial charge in [-0.15, -0.1) is 0 Å². The van der Waals surface area contributed by atoms with E-state index in [4.69, 9.17) is 16.3 Å². The largest absolute Gasteiger partial charge is 0.465 e. The second-order valence-electron chi connectivity index (χ2n) is 3.52. The molecule has 1 heterocycles. The molecule has 0 aliphatic heterocycles. The van der Waals surface area contributed by atoms with E-state index in [2.05, 4.69) is 25.3 Å². The first-order chi connectivity index (χ1) is 9.04. The maximum atomic E-state index is 11.7. The molecule has 0 unspecified atom stereocenters. The van der Waals surface area contributed by atoms with E-state index in [1.807, 2.05) is 6.92 Å². The third kappa shape index (κ3) is 3.05. The molecule has 2 aromatic rings. The predicted octanol–water partition coefficient (Wildman–Crippen LogP) is 3.95. The molecule has 100 valence electrons. The van der Waals surface area contributed by atoms with Crippen molar-refractivity contribution in [2.45, 2.75) is 6.92 Å². The number of hydrogen-bond acceptors (Lipinski definition) is 6. The number of aromatic nitrogens is 1. The summed E-state index contributed by atoms with van der Waals surface area (Å²) < 4.78 is 10.1. The molecule has 0 atom stereocenters. The van der Waals surface area contributed by atoms with Crippen molar-refractivity contribution in [1.29, 1.82) is 0 Å². The van der Waals surface area contributed by atoms with E-state index in [1.165, 1.54) is 28.0 Å². The Morgan fingerprint density at radius 2 is 2.26 bits per heavy atom. The van der Waals surface area contributed by atoms with Crippen LogP contribution in [-0.2, 0) is 4.74 Å². The average Bonchev–Trinajstić information content (AvgIpc) is 2.79.